The zero-order chi connectivity index (χ0) is 19.7. The fourth-order valence-electron chi connectivity index (χ4n) is 3.59. The summed E-state index contributed by atoms with van der Waals surface area (Å²) in [5, 5.41) is 11.4. The van der Waals surface area contributed by atoms with Gasteiger partial charge in [-0.3, -0.25) is 4.79 Å². The zero-order valence-electron chi connectivity index (χ0n) is 16.7. The van der Waals surface area contributed by atoms with Crippen molar-refractivity contribution in [2.24, 2.45) is 0 Å². The molecule has 0 radical (unpaired) electrons. The molecule has 1 aliphatic rings. The van der Waals surface area contributed by atoms with Crippen LogP contribution in [0.3, 0.4) is 0 Å². The third kappa shape index (κ3) is 3.59. The van der Waals surface area contributed by atoms with Crippen LogP contribution in [0.4, 0.5) is 5.69 Å². The predicted octanol–water partition coefficient (Wildman–Crippen LogP) is 4.62. The number of anilines is 1. The molecule has 1 aromatic carbocycles. The number of nitrogens with zero attached hydrogens (tertiary/aromatic N) is 3. The van der Waals surface area contributed by atoms with Gasteiger partial charge in [-0.15, -0.1) is 10.2 Å². The molecule has 0 saturated heterocycles. The molecular weight excluding hydrogens is 352 g/mol. The molecule has 6 nitrogen and oxygen atoms in total. The molecule has 3 aromatic rings. The first kappa shape index (κ1) is 18.5. The summed E-state index contributed by atoms with van der Waals surface area (Å²) in [6.07, 6.45) is 4.46. The van der Waals surface area contributed by atoms with E-state index in [9.17, 15) is 4.79 Å². The highest BCUT2D eigenvalue weighted by Gasteiger charge is 2.26. The van der Waals surface area contributed by atoms with Crippen molar-refractivity contribution in [2.45, 2.75) is 58.9 Å². The summed E-state index contributed by atoms with van der Waals surface area (Å²) in [6, 6.07) is 9.97. The molecule has 0 spiro atoms. The molecule has 0 bridgehead atoms. The Morgan fingerprint density at radius 3 is 2.61 bits per heavy atom. The van der Waals surface area contributed by atoms with Gasteiger partial charge in [0.15, 0.2) is 0 Å². The third-order valence-electron chi connectivity index (χ3n) is 5.65. The van der Waals surface area contributed by atoms with Crippen LogP contribution in [0.2, 0.25) is 0 Å². The Bertz CT molecular complexity index is 981. The molecule has 1 fully saturated rings. The molecule has 1 amide bonds. The number of nitrogens with one attached hydrogen (secondary N) is 1. The quantitative estimate of drug-likeness (QED) is 0.679. The lowest BCUT2D eigenvalue weighted by Gasteiger charge is -2.20. The summed E-state index contributed by atoms with van der Waals surface area (Å²) >= 11 is 0. The summed E-state index contributed by atoms with van der Waals surface area (Å²) in [5.41, 5.74) is 4.91. The van der Waals surface area contributed by atoms with Gasteiger partial charge >= 0.3 is 0 Å². The number of aromatic nitrogens is 3. The van der Waals surface area contributed by atoms with Gasteiger partial charge in [-0.2, -0.15) is 0 Å². The molecule has 6 heteroatoms. The second kappa shape index (κ2) is 7.62. The van der Waals surface area contributed by atoms with Gasteiger partial charge in [-0.25, -0.2) is 0 Å². The van der Waals surface area contributed by atoms with E-state index in [1.807, 2.05) is 48.7 Å². The molecule has 2 heterocycles. The fourth-order valence-corrected chi connectivity index (χ4v) is 3.59. The van der Waals surface area contributed by atoms with Gasteiger partial charge in [0.05, 0.1) is 5.56 Å². The minimum Gasteiger partial charge on any atom is -0.420 e. The van der Waals surface area contributed by atoms with E-state index in [4.69, 9.17) is 4.42 Å². The van der Waals surface area contributed by atoms with E-state index in [2.05, 4.69) is 22.4 Å². The van der Waals surface area contributed by atoms with E-state index in [-0.39, 0.29) is 12.5 Å². The van der Waals surface area contributed by atoms with E-state index in [1.165, 1.54) is 12.0 Å². The molecule has 1 saturated carbocycles. The highest BCUT2D eigenvalue weighted by molar-refractivity contribution is 5.90. The predicted molar refractivity (Wildman–Crippen MR) is 108 cm³/mol. The van der Waals surface area contributed by atoms with E-state index >= 15 is 0 Å². The Balaban J connectivity index is 1.48. The number of rotatable bonds is 6. The van der Waals surface area contributed by atoms with Gasteiger partial charge in [0.2, 0.25) is 17.7 Å². The number of aryl methyl sites for hydroxylation is 2. The van der Waals surface area contributed by atoms with Crippen molar-refractivity contribution in [3.8, 4) is 11.5 Å². The second-order valence-corrected chi connectivity index (χ2v) is 7.54. The molecule has 1 N–H and O–H groups in total. The standard InChI is InChI=1S/C22H26N4O2/c1-4-16-8-10-18(11-9-16)23-20(27)13-26-14(2)12-19(15(26)3)22-25-24-21(28-22)17-6-5-7-17/h8-12,17H,4-7,13H2,1-3H3,(H,23,27). The van der Waals surface area contributed by atoms with Crippen molar-refractivity contribution in [2.75, 3.05) is 5.32 Å². The largest absolute Gasteiger partial charge is 0.420 e. The van der Waals surface area contributed by atoms with Crippen LogP contribution in [0.15, 0.2) is 34.7 Å². The van der Waals surface area contributed by atoms with Crippen molar-refractivity contribution in [3.63, 3.8) is 0 Å². The third-order valence-corrected chi connectivity index (χ3v) is 5.65. The van der Waals surface area contributed by atoms with Crippen LogP contribution < -0.4 is 5.32 Å². The van der Waals surface area contributed by atoms with Gasteiger partial charge in [0.1, 0.15) is 6.54 Å². The van der Waals surface area contributed by atoms with Crippen molar-refractivity contribution >= 4 is 11.6 Å². The topological polar surface area (TPSA) is 73.0 Å². The van der Waals surface area contributed by atoms with Crippen LogP contribution in [0.1, 0.15) is 54.9 Å². The SMILES string of the molecule is CCc1ccc(NC(=O)Cn2c(C)cc(-c3nnc(C4CCC4)o3)c2C)cc1. The lowest BCUT2D eigenvalue weighted by molar-refractivity contribution is -0.116. The van der Waals surface area contributed by atoms with Crippen molar-refractivity contribution < 1.29 is 9.21 Å². The summed E-state index contributed by atoms with van der Waals surface area (Å²) in [4.78, 5) is 12.5. The Labute approximate surface area is 165 Å². The smallest absolute Gasteiger partial charge is 0.249 e. The van der Waals surface area contributed by atoms with Crippen molar-refractivity contribution in [1.82, 2.24) is 14.8 Å². The minimum absolute atomic E-state index is 0.0571. The average molecular weight is 378 g/mol. The Morgan fingerprint density at radius 1 is 1.21 bits per heavy atom. The first-order valence-corrected chi connectivity index (χ1v) is 9.94. The molecule has 0 aliphatic heterocycles. The lowest BCUT2D eigenvalue weighted by atomic mass is 9.85. The Morgan fingerprint density at radius 2 is 1.96 bits per heavy atom. The maximum Gasteiger partial charge on any atom is 0.249 e. The maximum absolute atomic E-state index is 12.5. The van der Waals surface area contributed by atoms with Crippen LogP contribution in [0.5, 0.6) is 0 Å². The molecule has 146 valence electrons. The zero-order valence-corrected chi connectivity index (χ0v) is 16.7. The average Bonchev–Trinajstić information content (AvgIpc) is 3.21. The van der Waals surface area contributed by atoms with Gasteiger partial charge in [-0.1, -0.05) is 25.5 Å². The lowest BCUT2D eigenvalue weighted by Crippen LogP contribution is -2.20. The monoisotopic (exact) mass is 378 g/mol. The number of hydrogen-bond acceptors (Lipinski definition) is 4. The molecule has 0 atom stereocenters. The van der Waals surface area contributed by atoms with E-state index in [0.29, 0.717) is 11.8 Å². The number of benzene rings is 1. The fraction of sp³-hybridized carbons (Fsp3) is 0.409. The Hall–Kier alpha value is -2.89. The van der Waals surface area contributed by atoms with Gasteiger partial charge in [-0.05, 0) is 56.9 Å². The summed E-state index contributed by atoms with van der Waals surface area (Å²) in [7, 11) is 0. The number of amides is 1. The van der Waals surface area contributed by atoms with E-state index in [0.717, 1.165) is 47.8 Å². The van der Waals surface area contributed by atoms with Crippen LogP contribution in [0.25, 0.3) is 11.5 Å². The van der Waals surface area contributed by atoms with Crippen molar-refractivity contribution in [1.29, 1.82) is 0 Å². The van der Waals surface area contributed by atoms with Gasteiger partial charge in [0.25, 0.3) is 0 Å². The molecule has 1 aliphatic carbocycles. The number of carbonyl (C=O) groups is 1. The highest BCUT2D eigenvalue weighted by atomic mass is 16.4. The number of carbonyl (C=O) groups excluding carboxylic acids is 1. The second-order valence-electron chi connectivity index (χ2n) is 7.54. The normalized spacial score (nSPS) is 14.1. The molecule has 0 unspecified atom stereocenters. The molecular formula is C22H26N4O2. The minimum atomic E-state index is -0.0571. The molecule has 28 heavy (non-hydrogen) atoms. The number of hydrogen-bond donors (Lipinski definition) is 1. The maximum atomic E-state index is 12.5. The van der Waals surface area contributed by atoms with Crippen molar-refractivity contribution in [3.05, 3.63) is 53.2 Å². The summed E-state index contributed by atoms with van der Waals surface area (Å²) in [5.74, 6) is 1.63. The van der Waals surface area contributed by atoms with Gasteiger partial charge < -0.3 is 14.3 Å². The Kier molecular flexibility index (Phi) is 5.03. The summed E-state index contributed by atoms with van der Waals surface area (Å²) < 4.78 is 7.89. The summed E-state index contributed by atoms with van der Waals surface area (Å²) in [6.45, 7) is 6.33. The molecule has 2 aromatic heterocycles. The van der Waals surface area contributed by atoms with Crippen LogP contribution >= 0.6 is 0 Å². The first-order chi connectivity index (χ1) is 13.5. The van der Waals surface area contributed by atoms with E-state index in [1.54, 1.807) is 0 Å². The van der Waals surface area contributed by atoms with Crippen LogP contribution in [-0.4, -0.2) is 20.7 Å². The van der Waals surface area contributed by atoms with Gasteiger partial charge in [0, 0.05) is 23.0 Å². The first-order valence-electron chi connectivity index (χ1n) is 9.94. The van der Waals surface area contributed by atoms with Crippen LogP contribution in [-0.2, 0) is 17.8 Å². The van der Waals surface area contributed by atoms with E-state index < -0.39 is 0 Å². The van der Waals surface area contributed by atoms with Crippen LogP contribution in [0, 0.1) is 13.8 Å². The highest BCUT2D eigenvalue weighted by Crippen LogP contribution is 2.37. The molecule has 4 rings (SSSR count).